The zero-order chi connectivity index (χ0) is 17.9. The molecule has 7 heteroatoms. The lowest BCUT2D eigenvalue weighted by molar-refractivity contribution is -0.129. The average molecular weight is 354 g/mol. The lowest BCUT2D eigenvalue weighted by atomic mass is 9.95. The molecule has 0 aromatic carbocycles. The van der Waals surface area contributed by atoms with Crippen molar-refractivity contribution in [1.82, 2.24) is 25.8 Å². The van der Waals surface area contributed by atoms with Crippen LogP contribution < -0.4 is 16.0 Å². The second-order valence-electron chi connectivity index (χ2n) is 7.18. The molecule has 2 aliphatic rings. The maximum absolute atomic E-state index is 12.4. The summed E-state index contributed by atoms with van der Waals surface area (Å²) in [5, 5.41) is 9.94. The van der Waals surface area contributed by atoms with E-state index in [0.29, 0.717) is 19.1 Å². The Morgan fingerprint density at radius 3 is 2.28 bits per heavy atom. The Kier molecular flexibility index (Phi) is 9.21. The molecule has 0 spiro atoms. The fourth-order valence-electron chi connectivity index (χ4n) is 3.56. The van der Waals surface area contributed by atoms with Crippen LogP contribution in [0.1, 0.15) is 39.0 Å². The molecule has 1 aliphatic heterocycles. The molecule has 7 nitrogen and oxygen atoms in total. The smallest absolute Gasteiger partial charge is 0.234 e. The van der Waals surface area contributed by atoms with Crippen LogP contribution in [0, 0.1) is 0 Å². The normalized spacial score (nSPS) is 22.7. The largest absolute Gasteiger partial charge is 0.352 e. The Balaban J connectivity index is 1.83. The predicted molar refractivity (Wildman–Crippen MR) is 99.4 cm³/mol. The summed E-state index contributed by atoms with van der Waals surface area (Å²) in [5.41, 5.74) is 0. The first-order valence-corrected chi connectivity index (χ1v) is 9.84. The van der Waals surface area contributed by atoms with Crippen LogP contribution in [-0.2, 0) is 9.59 Å². The molecule has 0 aromatic heterocycles. The molecular weight excluding hydrogens is 318 g/mol. The maximum atomic E-state index is 12.4. The molecule has 25 heavy (non-hydrogen) atoms. The summed E-state index contributed by atoms with van der Waals surface area (Å²) >= 11 is 0. The van der Waals surface area contributed by atoms with Crippen LogP contribution in [0.2, 0.25) is 0 Å². The van der Waals surface area contributed by atoms with E-state index >= 15 is 0 Å². The molecule has 0 bridgehead atoms. The molecule has 1 heterocycles. The Morgan fingerprint density at radius 1 is 0.920 bits per heavy atom. The Morgan fingerprint density at radius 2 is 1.60 bits per heavy atom. The van der Waals surface area contributed by atoms with Gasteiger partial charge in [-0.05, 0) is 12.8 Å². The van der Waals surface area contributed by atoms with Crippen LogP contribution in [0.5, 0.6) is 0 Å². The van der Waals surface area contributed by atoms with Gasteiger partial charge < -0.3 is 20.9 Å². The van der Waals surface area contributed by atoms with Crippen molar-refractivity contribution in [3.63, 3.8) is 0 Å². The zero-order valence-electron chi connectivity index (χ0n) is 15.7. The highest BCUT2D eigenvalue weighted by atomic mass is 16.2. The van der Waals surface area contributed by atoms with Crippen molar-refractivity contribution < 1.29 is 9.59 Å². The summed E-state index contributed by atoms with van der Waals surface area (Å²) in [7, 11) is 0. The van der Waals surface area contributed by atoms with Gasteiger partial charge in [-0.25, -0.2) is 0 Å². The summed E-state index contributed by atoms with van der Waals surface area (Å²) in [6.07, 6.45) is 5.96. The number of amides is 2. The van der Waals surface area contributed by atoms with Gasteiger partial charge in [0.05, 0.1) is 6.54 Å². The van der Waals surface area contributed by atoms with E-state index in [1.165, 1.54) is 19.3 Å². The van der Waals surface area contributed by atoms with Gasteiger partial charge in [-0.15, -0.1) is 0 Å². The molecular formula is C18H35N5O2. The third kappa shape index (κ3) is 8.16. The minimum Gasteiger partial charge on any atom is -0.352 e. The monoisotopic (exact) mass is 353 g/mol. The first-order chi connectivity index (χ1) is 12.1. The first-order valence-electron chi connectivity index (χ1n) is 9.84. The van der Waals surface area contributed by atoms with Crippen molar-refractivity contribution in [2.75, 3.05) is 58.9 Å². The van der Waals surface area contributed by atoms with Gasteiger partial charge in [-0.1, -0.05) is 19.3 Å². The van der Waals surface area contributed by atoms with Crippen LogP contribution in [0.15, 0.2) is 0 Å². The van der Waals surface area contributed by atoms with Gasteiger partial charge in [0.2, 0.25) is 11.8 Å². The molecule has 144 valence electrons. The number of nitrogens with one attached hydrogen (secondary N) is 3. The van der Waals surface area contributed by atoms with Crippen molar-refractivity contribution in [1.29, 1.82) is 0 Å². The third-order valence-corrected chi connectivity index (χ3v) is 5.11. The van der Waals surface area contributed by atoms with Gasteiger partial charge in [-0.3, -0.25) is 14.5 Å². The number of hydrogen-bond donors (Lipinski definition) is 3. The molecule has 1 saturated heterocycles. The maximum Gasteiger partial charge on any atom is 0.234 e. The number of carbonyl (C=O) groups is 2. The Labute approximate surface area is 151 Å². The van der Waals surface area contributed by atoms with Gasteiger partial charge >= 0.3 is 0 Å². The summed E-state index contributed by atoms with van der Waals surface area (Å²) in [5.74, 6) is 0.221. The lowest BCUT2D eigenvalue weighted by Crippen LogP contribution is -2.48. The second kappa shape index (κ2) is 11.4. The minimum absolute atomic E-state index is 0.101. The van der Waals surface area contributed by atoms with Gasteiger partial charge in [0.15, 0.2) is 0 Å². The van der Waals surface area contributed by atoms with E-state index in [2.05, 4.69) is 20.9 Å². The van der Waals surface area contributed by atoms with Gasteiger partial charge in [0.1, 0.15) is 0 Å². The standard InChI is InChI=1S/C18H35N5O2/c1-16(24)23-12-10-20-8-7-19-9-11-22(13-14-23)15-18(25)21-17-5-3-2-4-6-17/h17,19-20H,2-15H2,1H3,(H,21,25). The van der Waals surface area contributed by atoms with Crippen molar-refractivity contribution in [3.8, 4) is 0 Å². The minimum atomic E-state index is 0.101. The molecule has 2 amide bonds. The molecule has 3 N–H and O–H groups in total. The zero-order valence-corrected chi connectivity index (χ0v) is 15.7. The summed E-state index contributed by atoms with van der Waals surface area (Å²) in [6, 6.07) is 0.353. The number of carbonyl (C=O) groups excluding carboxylic acids is 2. The highest BCUT2D eigenvalue weighted by Crippen LogP contribution is 2.17. The molecule has 0 aromatic rings. The topological polar surface area (TPSA) is 76.7 Å². The van der Waals surface area contributed by atoms with Crippen LogP contribution in [-0.4, -0.2) is 86.6 Å². The van der Waals surface area contributed by atoms with Crippen molar-refractivity contribution >= 4 is 11.8 Å². The number of nitrogens with zero attached hydrogens (tertiary/aromatic N) is 2. The van der Waals surface area contributed by atoms with Crippen LogP contribution in [0.4, 0.5) is 0 Å². The van der Waals surface area contributed by atoms with Crippen LogP contribution >= 0.6 is 0 Å². The summed E-state index contributed by atoms with van der Waals surface area (Å²) in [4.78, 5) is 28.2. The SMILES string of the molecule is CC(=O)N1CCNCCNCCN(CC(=O)NC2CCCCC2)CC1. The van der Waals surface area contributed by atoms with E-state index < -0.39 is 0 Å². The van der Waals surface area contributed by atoms with E-state index in [-0.39, 0.29) is 11.8 Å². The van der Waals surface area contributed by atoms with Crippen molar-refractivity contribution in [2.24, 2.45) is 0 Å². The van der Waals surface area contributed by atoms with Gasteiger partial charge in [0, 0.05) is 65.3 Å². The predicted octanol–water partition coefficient (Wildman–Crippen LogP) is -0.221. The highest BCUT2D eigenvalue weighted by molar-refractivity contribution is 5.78. The van der Waals surface area contributed by atoms with E-state index in [4.69, 9.17) is 0 Å². The molecule has 0 unspecified atom stereocenters. The fourth-order valence-corrected chi connectivity index (χ4v) is 3.56. The molecule has 0 atom stereocenters. The average Bonchev–Trinajstić information content (AvgIpc) is 2.58. The lowest BCUT2D eigenvalue weighted by Gasteiger charge is -2.29. The highest BCUT2D eigenvalue weighted by Gasteiger charge is 2.18. The van der Waals surface area contributed by atoms with E-state index in [1.807, 2.05) is 4.90 Å². The molecule has 1 saturated carbocycles. The Hall–Kier alpha value is -1.18. The van der Waals surface area contributed by atoms with Crippen molar-refractivity contribution in [3.05, 3.63) is 0 Å². The Bertz CT molecular complexity index is 412. The number of hydrogen-bond acceptors (Lipinski definition) is 5. The van der Waals surface area contributed by atoms with E-state index in [1.54, 1.807) is 6.92 Å². The second-order valence-corrected chi connectivity index (χ2v) is 7.18. The quantitative estimate of drug-likeness (QED) is 0.654. The van der Waals surface area contributed by atoms with Crippen LogP contribution in [0.25, 0.3) is 0 Å². The van der Waals surface area contributed by atoms with Crippen LogP contribution in [0.3, 0.4) is 0 Å². The molecule has 2 rings (SSSR count). The van der Waals surface area contributed by atoms with E-state index in [9.17, 15) is 9.59 Å². The van der Waals surface area contributed by atoms with E-state index in [0.717, 1.165) is 58.7 Å². The third-order valence-electron chi connectivity index (χ3n) is 5.11. The van der Waals surface area contributed by atoms with Gasteiger partial charge in [-0.2, -0.15) is 0 Å². The summed E-state index contributed by atoms with van der Waals surface area (Å²) in [6.45, 7) is 8.46. The van der Waals surface area contributed by atoms with Crippen molar-refractivity contribution in [2.45, 2.75) is 45.1 Å². The summed E-state index contributed by atoms with van der Waals surface area (Å²) < 4.78 is 0. The first kappa shape index (κ1) is 20.1. The molecule has 1 aliphatic carbocycles. The van der Waals surface area contributed by atoms with Gasteiger partial charge in [0.25, 0.3) is 0 Å². The fraction of sp³-hybridized carbons (Fsp3) is 0.889. The number of rotatable bonds is 3. The molecule has 2 fully saturated rings. The molecule has 0 radical (unpaired) electrons.